The Morgan fingerprint density at radius 1 is 1.11 bits per heavy atom. The van der Waals surface area contributed by atoms with E-state index in [9.17, 15) is 9.18 Å². The molecule has 0 radical (unpaired) electrons. The van der Waals surface area contributed by atoms with Crippen LogP contribution < -0.4 is 10.6 Å². The Bertz CT molecular complexity index is 1380. The summed E-state index contributed by atoms with van der Waals surface area (Å²) in [6.45, 7) is 0.362. The summed E-state index contributed by atoms with van der Waals surface area (Å²) in [6.07, 6.45) is 1.94. The maximum absolute atomic E-state index is 14.6. The molecule has 0 spiro atoms. The molecule has 1 saturated heterocycles. The summed E-state index contributed by atoms with van der Waals surface area (Å²) in [5.41, 5.74) is 1.88. The van der Waals surface area contributed by atoms with Gasteiger partial charge in [-0.25, -0.2) is 4.39 Å². The zero-order valence-corrected chi connectivity index (χ0v) is 21.4. The van der Waals surface area contributed by atoms with E-state index in [0.29, 0.717) is 33.2 Å². The number of carbonyl (C=O) groups excluding carboxylic acids is 1. The first kappa shape index (κ1) is 24.1. The van der Waals surface area contributed by atoms with E-state index >= 15 is 0 Å². The molecule has 5 rings (SSSR count). The highest BCUT2D eigenvalue weighted by Gasteiger charge is 2.41. The Morgan fingerprint density at radius 3 is 2.67 bits per heavy atom. The number of carbonyl (C=O) groups is 1. The van der Waals surface area contributed by atoms with Gasteiger partial charge in [-0.2, -0.15) is 0 Å². The van der Waals surface area contributed by atoms with E-state index in [1.165, 1.54) is 6.07 Å². The summed E-state index contributed by atoms with van der Waals surface area (Å²) in [5.74, 6) is 0.496. The van der Waals surface area contributed by atoms with Crippen molar-refractivity contribution in [2.75, 3.05) is 11.9 Å². The monoisotopic (exact) mass is 564 g/mol. The Labute approximate surface area is 221 Å². The van der Waals surface area contributed by atoms with Gasteiger partial charge >= 0.3 is 0 Å². The van der Waals surface area contributed by atoms with Crippen LogP contribution in [0.2, 0.25) is 0 Å². The minimum atomic E-state index is -0.388. The molecule has 1 fully saturated rings. The largest absolute Gasteiger partial charge is 0.459 e. The van der Waals surface area contributed by atoms with Crippen molar-refractivity contribution < 1.29 is 13.6 Å². The molecule has 1 amide bonds. The highest BCUT2D eigenvalue weighted by Crippen LogP contribution is 2.40. The fourth-order valence-corrected chi connectivity index (χ4v) is 4.93. The zero-order valence-electron chi connectivity index (χ0n) is 19.0. The standard InChI is InChI=1S/C27H22BrFN4O2S/c28-17-9-10-19(20(29)16-17)22-11-12-23(35-22)26-25(21-8-4-5-14-30-21)32-27(36)33(26)15-13-24(34)31-18-6-2-1-3-7-18/h1-12,14,16,25-26H,13,15H2,(H,31,34)(H,32,36)/t25-,26+/m0/s1. The molecule has 1 aliphatic heterocycles. The van der Waals surface area contributed by atoms with Crippen LogP contribution in [0.15, 0.2) is 93.9 Å². The molecular formula is C27H22BrFN4O2S. The lowest BCUT2D eigenvalue weighted by molar-refractivity contribution is -0.116. The van der Waals surface area contributed by atoms with Gasteiger partial charge in [0, 0.05) is 29.3 Å². The van der Waals surface area contributed by atoms with Gasteiger partial charge in [0.05, 0.1) is 17.3 Å². The number of benzene rings is 2. The van der Waals surface area contributed by atoms with E-state index in [0.717, 1.165) is 11.4 Å². The van der Waals surface area contributed by atoms with Crippen LogP contribution in [0.1, 0.15) is 30.0 Å². The molecule has 6 nitrogen and oxygen atoms in total. The lowest BCUT2D eigenvalue weighted by Gasteiger charge is -2.25. The second-order valence-corrected chi connectivity index (χ2v) is 9.61. The average Bonchev–Trinajstić information content (AvgIpc) is 3.48. The van der Waals surface area contributed by atoms with Crippen LogP contribution in [0, 0.1) is 5.82 Å². The van der Waals surface area contributed by atoms with Crippen molar-refractivity contribution in [1.82, 2.24) is 15.2 Å². The van der Waals surface area contributed by atoms with Gasteiger partial charge in [0.1, 0.15) is 23.4 Å². The topological polar surface area (TPSA) is 70.4 Å². The molecular weight excluding hydrogens is 543 g/mol. The Hall–Kier alpha value is -3.56. The van der Waals surface area contributed by atoms with Gasteiger partial charge in [-0.1, -0.05) is 40.2 Å². The Morgan fingerprint density at radius 2 is 1.92 bits per heavy atom. The quantitative estimate of drug-likeness (QED) is 0.259. The van der Waals surface area contributed by atoms with Crippen molar-refractivity contribution in [3.8, 4) is 11.3 Å². The number of nitrogens with zero attached hydrogens (tertiary/aromatic N) is 2. The predicted octanol–water partition coefficient (Wildman–Crippen LogP) is 6.24. The van der Waals surface area contributed by atoms with Crippen molar-refractivity contribution in [2.24, 2.45) is 0 Å². The number of anilines is 1. The third-order valence-corrected chi connectivity index (χ3v) is 6.80. The Balaban J connectivity index is 1.42. The van der Waals surface area contributed by atoms with Crippen LogP contribution in [0.4, 0.5) is 10.1 Å². The minimum Gasteiger partial charge on any atom is -0.459 e. The van der Waals surface area contributed by atoms with E-state index in [-0.39, 0.29) is 30.2 Å². The normalized spacial score (nSPS) is 17.2. The minimum absolute atomic E-state index is 0.124. The van der Waals surface area contributed by atoms with Gasteiger partial charge in [0.2, 0.25) is 5.91 Å². The summed E-state index contributed by atoms with van der Waals surface area (Å²) in [5, 5.41) is 6.73. The molecule has 2 aromatic carbocycles. The summed E-state index contributed by atoms with van der Waals surface area (Å²) in [4.78, 5) is 19.1. The highest BCUT2D eigenvalue weighted by atomic mass is 79.9. The second kappa shape index (κ2) is 10.6. The number of aromatic nitrogens is 1. The molecule has 2 atom stereocenters. The number of halogens is 2. The molecule has 4 aromatic rings. The number of thiocarbonyl (C=S) groups is 1. The molecule has 3 heterocycles. The fourth-order valence-electron chi connectivity index (χ4n) is 4.27. The molecule has 2 aromatic heterocycles. The third kappa shape index (κ3) is 5.17. The van der Waals surface area contributed by atoms with Crippen molar-refractivity contribution >= 4 is 44.9 Å². The number of hydrogen-bond donors (Lipinski definition) is 2. The van der Waals surface area contributed by atoms with Crippen LogP contribution in [0.25, 0.3) is 11.3 Å². The number of pyridine rings is 1. The first-order chi connectivity index (χ1) is 17.5. The van der Waals surface area contributed by atoms with Gasteiger partial charge in [-0.15, -0.1) is 0 Å². The first-order valence-electron chi connectivity index (χ1n) is 11.4. The zero-order chi connectivity index (χ0) is 25.1. The molecule has 0 unspecified atom stereocenters. The van der Waals surface area contributed by atoms with Crippen molar-refractivity contribution in [3.63, 3.8) is 0 Å². The molecule has 9 heteroatoms. The number of furan rings is 1. The summed E-state index contributed by atoms with van der Waals surface area (Å²) < 4.78 is 21.4. The SMILES string of the molecule is O=C(CCN1C(=S)N[C@@H](c2ccccn2)[C@H]1c1ccc(-c2ccc(Br)cc2F)o1)Nc1ccccc1. The van der Waals surface area contributed by atoms with Gasteiger partial charge in [0.25, 0.3) is 0 Å². The maximum Gasteiger partial charge on any atom is 0.226 e. The molecule has 0 aliphatic carbocycles. The molecule has 2 N–H and O–H groups in total. The van der Waals surface area contributed by atoms with Gasteiger partial charge in [-0.3, -0.25) is 9.78 Å². The Kier molecular flexibility index (Phi) is 7.11. The lowest BCUT2D eigenvalue weighted by atomic mass is 10.0. The summed E-state index contributed by atoms with van der Waals surface area (Å²) in [7, 11) is 0. The number of para-hydroxylation sites is 1. The average molecular weight is 565 g/mol. The molecule has 0 bridgehead atoms. The van der Waals surface area contributed by atoms with Crippen LogP contribution in [-0.4, -0.2) is 27.4 Å². The molecule has 1 aliphatic rings. The second-order valence-electron chi connectivity index (χ2n) is 8.31. The van der Waals surface area contributed by atoms with Crippen molar-refractivity contribution in [3.05, 3.63) is 107 Å². The summed E-state index contributed by atoms with van der Waals surface area (Å²) in [6, 6.07) is 22.7. The van der Waals surface area contributed by atoms with E-state index < -0.39 is 0 Å². The van der Waals surface area contributed by atoms with Gasteiger partial charge in [-0.05, 0) is 66.8 Å². The predicted molar refractivity (Wildman–Crippen MR) is 144 cm³/mol. The van der Waals surface area contributed by atoms with Crippen LogP contribution >= 0.6 is 28.1 Å². The lowest BCUT2D eigenvalue weighted by Crippen LogP contribution is -2.32. The fraction of sp³-hybridized carbons (Fsp3) is 0.148. The van der Waals surface area contributed by atoms with E-state index in [1.54, 1.807) is 24.4 Å². The van der Waals surface area contributed by atoms with Crippen molar-refractivity contribution in [1.29, 1.82) is 0 Å². The van der Waals surface area contributed by atoms with Crippen LogP contribution in [0.3, 0.4) is 0 Å². The smallest absolute Gasteiger partial charge is 0.226 e. The number of nitrogens with one attached hydrogen (secondary N) is 2. The van der Waals surface area contributed by atoms with E-state index in [1.807, 2.05) is 59.5 Å². The van der Waals surface area contributed by atoms with Gasteiger partial charge in [0.15, 0.2) is 5.11 Å². The number of hydrogen-bond acceptors (Lipinski definition) is 4. The van der Waals surface area contributed by atoms with Crippen LogP contribution in [0.5, 0.6) is 0 Å². The molecule has 0 saturated carbocycles. The third-order valence-electron chi connectivity index (χ3n) is 5.95. The first-order valence-corrected chi connectivity index (χ1v) is 12.6. The number of rotatable bonds is 7. The number of amides is 1. The van der Waals surface area contributed by atoms with E-state index in [2.05, 4.69) is 31.5 Å². The molecule has 36 heavy (non-hydrogen) atoms. The van der Waals surface area contributed by atoms with Crippen molar-refractivity contribution in [2.45, 2.75) is 18.5 Å². The van der Waals surface area contributed by atoms with Gasteiger partial charge < -0.3 is 20.0 Å². The highest BCUT2D eigenvalue weighted by molar-refractivity contribution is 9.10. The molecule has 182 valence electrons. The van der Waals surface area contributed by atoms with Crippen LogP contribution in [-0.2, 0) is 4.79 Å². The van der Waals surface area contributed by atoms with E-state index in [4.69, 9.17) is 16.6 Å². The summed E-state index contributed by atoms with van der Waals surface area (Å²) >= 11 is 8.95. The maximum atomic E-state index is 14.6.